The predicted octanol–water partition coefficient (Wildman–Crippen LogP) is 2.18. The fraction of sp³-hybridized carbons (Fsp3) is 0.714. The van der Waals surface area contributed by atoms with Crippen LogP contribution in [0.3, 0.4) is 0 Å². The fourth-order valence-electron chi connectivity index (χ4n) is 2.93. The quantitative estimate of drug-likeness (QED) is 0.465. The Kier molecular flexibility index (Phi) is 4.17. The van der Waals surface area contributed by atoms with Gasteiger partial charge in [0.1, 0.15) is 5.76 Å². The van der Waals surface area contributed by atoms with E-state index in [9.17, 15) is 14.7 Å². The number of ether oxygens (including phenoxy) is 1. The van der Waals surface area contributed by atoms with Crippen molar-refractivity contribution in [1.29, 1.82) is 0 Å². The molecule has 0 amide bonds. The summed E-state index contributed by atoms with van der Waals surface area (Å²) in [7, 11) is 0. The van der Waals surface area contributed by atoms with Crippen LogP contribution in [0.5, 0.6) is 0 Å². The topological polar surface area (TPSA) is 63.6 Å². The van der Waals surface area contributed by atoms with Gasteiger partial charge >= 0.3 is 0 Å². The van der Waals surface area contributed by atoms with Gasteiger partial charge in [0.2, 0.25) is 0 Å². The molecule has 0 spiro atoms. The van der Waals surface area contributed by atoms with Crippen molar-refractivity contribution in [2.45, 2.75) is 39.0 Å². The maximum Gasteiger partial charge on any atom is 0.170 e. The third-order valence-electron chi connectivity index (χ3n) is 4.01. The van der Waals surface area contributed by atoms with Gasteiger partial charge in [-0.2, -0.15) is 0 Å². The Morgan fingerprint density at radius 3 is 2.22 bits per heavy atom. The molecule has 1 heterocycles. The van der Waals surface area contributed by atoms with Crippen LogP contribution in [0.25, 0.3) is 0 Å². The van der Waals surface area contributed by atoms with Crippen LogP contribution in [0.1, 0.15) is 39.0 Å². The van der Waals surface area contributed by atoms with Crippen LogP contribution in [0.4, 0.5) is 0 Å². The van der Waals surface area contributed by atoms with E-state index in [2.05, 4.69) is 0 Å². The molecule has 1 aliphatic carbocycles. The van der Waals surface area contributed by atoms with E-state index in [4.69, 9.17) is 4.74 Å². The van der Waals surface area contributed by atoms with Gasteiger partial charge in [0.25, 0.3) is 0 Å². The maximum absolute atomic E-state index is 12.0. The zero-order valence-electron chi connectivity index (χ0n) is 10.8. The molecule has 2 rings (SSSR count). The Balaban J connectivity index is 2.09. The molecule has 1 N–H and O–H groups in total. The van der Waals surface area contributed by atoms with Crippen LogP contribution in [-0.4, -0.2) is 29.9 Å². The van der Waals surface area contributed by atoms with Crippen molar-refractivity contribution in [2.75, 3.05) is 13.2 Å². The average Bonchev–Trinajstić information content (AvgIpc) is 2.38. The third-order valence-corrected chi connectivity index (χ3v) is 4.01. The van der Waals surface area contributed by atoms with E-state index < -0.39 is 0 Å². The molecule has 0 atom stereocenters. The van der Waals surface area contributed by atoms with Crippen molar-refractivity contribution in [3.05, 3.63) is 11.3 Å². The highest BCUT2D eigenvalue weighted by Crippen LogP contribution is 2.35. The van der Waals surface area contributed by atoms with Crippen LogP contribution < -0.4 is 0 Å². The number of hydrogen-bond acceptors (Lipinski definition) is 4. The van der Waals surface area contributed by atoms with Crippen LogP contribution >= 0.6 is 0 Å². The molecule has 100 valence electrons. The number of hydrogen-bond donors (Lipinski definition) is 1. The van der Waals surface area contributed by atoms with Gasteiger partial charge in [0.05, 0.1) is 5.57 Å². The molecule has 0 bridgehead atoms. The fourth-order valence-corrected chi connectivity index (χ4v) is 2.93. The van der Waals surface area contributed by atoms with Crippen LogP contribution in [0.2, 0.25) is 0 Å². The minimum Gasteiger partial charge on any atom is -0.511 e. The first-order valence-electron chi connectivity index (χ1n) is 6.69. The van der Waals surface area contributed by atoms with Crippen molar-refractivity contribution in [2.24, 2.45) is 11.8 Å². The lowest BCUT2D eigenvalue weighted by atomic mass is 9.74. The van der Waals surface area contributed by atoms with Crippen LogP contribution in [0, 0.1) is 11.8 Å². The summed E-state index contributed by atoms with van der Waals surface area (Å²) >= 11 is 0. The lowest BCUT2D eigenvalue weighted by Gasteiger charge is -2.32. The summed E-state index contributed by atoms with van der Waals surface area (Å²) in [4.78, 5) is 24.0. The van der Waals surface area contributed by atoms with Gasteiger partial charge in [-0.1, -0.05) is 6.92 Å². The molecule has 18 heavy (non-hydrogen) atoms. The van der Waals surface area contributed by atoms with Gasteiger partial charge in [-0.05, 0) is 24.7 Å². The molecule has 0 aromatic rings. The Hall–Kier alpha value is -1.16. The second-order valence-electron chi connectivity index (χ2n) is 5.14. The largest absolute Gasteiger partial charge is 0.511 e. The Labute approximate surface area is 107 Å². The molecule has 1 saturated carbocycles. The highest BCUT2D eigenvalue weighted by atomic mass is 16.5. The summed E-state index contributed by atoms with van der Waals surface area (Å²) in [5.41, 5.74) is 0.0563. The zero-order valence-corrected chi connectivity index (χ0v) is 10.8. The van der Waals surface area contributed by atoms with Crippen LogP contribution in [-0.2, 0) is 14.3 Å². The van der Waals surface area contributed by atoms with Crippen molar-refractivity contribution in [3.63, 3.8) is 0 Å². The second-order valence-corrected chi connectivity index (χ2v) is 5.14. The van der Waals surface area contributed by atoms with E-state index in [1.165, 1.54) is 0 Å². The smallest absolute Gasteiger partial charge is 0.170 e. The van der Waals surface area contributed by atoms with Crippen LogP contribution in [0.15, 0.2) is 11.3 Å². The number of aliphatic hydroxyl groups is 1. The maximum atomic E-state index is 12.0. The SMILES string of the molecule is CCC(O)=C1C(=O)CC(C2CCOCC2)CC1=O. The van der Waals surface area contributed by atoms with Crippen molar-refractivity contribution < 1.29 is 19.4 Å². The Bertz CT molecular complexity index is 357. The normalized spacial score (nSPS) is 26.5. The van der Waals surface area contributed by atoms with Gasteiger partial charge in [0, 0.05) is 32.5 Å². The molecule has 1 aliphatic heterocycles. The number of carbonyl (C=O) groups is 2. The first-order chi connectivity index (χ1) is 8.63. The predicted molar refractivity (Wildman–Crippen MR) is 66.2 cm³/mol. The molecular formula is C14H20O4. The highest BCUT2D eigenvalue weighted by Gasteiger charge is 2.36. The van der Waals surface area contributed by atoms with Gasteiger partial charge in [-0.15, -0.1) is 0 Å². The van der Waals surface area contributed by atoms with E-state index in [-0.39, 0.29) is 28.8 Å². The molecule has 2 aliphatic rings. The summed E-state index contributed by atoms with van der Waals surface area (Å²) in [6, 6.07) is 0. The monoisotopic (exact) mass is 252 g/mol. The highest BCUT2D eigenvalue weighted by molar-refractivity contribution is 6.22. The Morgan fingerprint density at radius 1 is 1.17 bits per heavy atom. The first kappa shape index (κ1) is 13.3. The number of ketones is 2. The second kappa shape index (κ2) is 5.65. The lowest BCUT2D eigenvalue weighted by Crippen LogP contribution is -2.33. The molecule has 0 radical (unpaired) electrons. The van der Waals surface area contributed by atoms with E-state index in [0.29, 0.717) is 25.2 Å². The van der Waals surface area contributed by atoms with Crippen molar-refractivity contribution >= 4 is 11.6 Å². The van der Waals surface area contributed by atoms with Gasteiger partial charge in [-0.25, -0.2) is 0 Å². The number of aliphatic hydroxyl groups excluding tert-OH is 1. The molecule has 0 aromatic heterocycles. The molecule has 2 fully saturated rings. The molecule has 4 nitrogen and oxygen atoms in total. The summed E-state index contributed by atoms with van der Waals surface area (Å²) in [5.74, 6) is 0.152. The molecule has 4 heteroatoms. The third kappa shape index (κ3) is 2.64. The number of allylic oxidation sites excluding steroid dienone is 2. The van der Waals surface area contributed by atoms with E-state index in [0.717, 1.165) is 26.1 Å². The average molecular weight is 252 g/mol. The molecule has 0 aromatic carbocycles. The Morgan fingerprint density at radius 2 is 1.72 bits per heavy atom. The molecular weight excluding hydrogens is 232 g/mol. The minimum absolute atomic E-state index is 0.0459. The summed E-state index contributed by atoms with van der Waals surface area (Å²) < 4.78 is 5.30. The number of rotatable bonds is 2. The summed E-state index contributed by atoms with van der Waals surface area (Å²) in [6.45, 7) is 3.20. The van der Waals surface area contributed by atoms with Gasteiger partial charge < -0.3 is 9.84 Å². The van der Waals surface area contributed by atoms with E-state index in [1.807, 2.05) is 0 Å². The first-order valence-corrected chi connectivity index (χ1v) is 6.69. The van der Waals surface area contributed by atoms with E-state index in [1.54, 1.807) is 6.92 Å². The van der Waals surface area contributed by atoms with Crippen molar-refractivity contribution in [3.8, 4) is 0 Å². The van der Waals surface area contributed by atoms with Gasteiger partial charge in [0.15, 0.2) is 11.6 Å². The zero-order chi connectivity index (χ0) is 13.1. The lowest BCUT2D eigenvalue weighted by molar-refractivity contribution is -0.127. The number of carbonyl (C=O) groups excluding carboxylic acids is 2. The van der Waals surface area contributed by atoms with Gasteiger partial charge in [-0.3, -0.25) is 9.59 Å². The number of Topliss-reactive ketones (excluding diaryl/α,β-unsaturated/α-hetero) is 2. The minimum atomic E-state index is -0.179. The molecule has 0 unspecified atom stereocenters. The van der Waals surface area contributed by atoms with Crippen molar-refractivity contribution in [1.82, 2.24) is 0 Å². The van der Waals surface area contributed by atoms with E-state index >= 15 is 0 Å². The summed E-state index contributed by atoms with van der Waals surface area (Å²) in [5, 5.41) is 9.64. The standard InChI is InChI=1S/C14H20O4/c1-2-11(15)14-12(16)7-10(8-13(14)17)9-3-5-18-6-4-9/h9-10,15H,2-8H2,1H3. The summed E-state index contributed by atoms with van der Waals surface area (Å²) in [6.07, 6.45) is 3.01. The molecule has 1 saturated heterocycles.